The van der Waals surface area contributed by atoms with Gasteiger partial charge in [0, 0.05) is 31.4 Å². The lowest BCUT2D eigenvalue weighted by molar-refractivity contribution is 0.0899. The SMILES string of the molecule is CCC1OCCC1CNc1nnc(CCCl)o1. The molecule has 2 rings (SSSR count). The quantitative estimate of drug-likeness (QED) is 0.793. The Hall–Kier alpha value is -0.810. The maximum absolute atomic E-state index is 5.62. The Morgan fingerprint density at radius 1 is 1.47 bits per heavy atom. The minimum atomic E-state index is 0.354. The molecular weight excluding hydrogens is 242 g/mol. The van der Waals surface area contributed by atoms with Crippen molar-refractivity contribution in [3.63, 3.8) is 0 Å². The molecule has 1 N–H and O–H groups in total. The molecule has 0 amide bonds. The van der Waals surface area contributed by atoms with Crippen molar-refractivity contribution in [3.8, 4) is 0 Å². The van der Waals surface area contributed by atoms with E-state index >= 15 is 0 Å². The molecule has 0 aromatic carbocycles. The highest BCUT2D eigenvalue weighted by Gasteiger charge is 2.26. The number of ether oxygens (including phenoxy) is 1. The molecule has 5 nitrogen and oxygen atoms in total. The molecular formula is C11H18ClN3O2. The average molecular weight is 260 g/mol. The van der Waals surface area contributed by atoms with Crippen LogP contribution < -0.4 is 5.32 Å². The monoisotopic (exact) mass is 259 g/mol. The first kappa shape index (κ1) is 12.6. The number of alkyl halides is 1. The third-order valence-corrected chi connectivity index (χ3v) is 3.23. The highest BCUT2D eigenvalue weighted by Crippen LogP contribution is 2.23. The van der Waals surface area contributed by atoms with Crippen molar-refractivity contribution < 1.29 is 9.15 Å². The minimum Gasteiger partial charge on any atom is -0.408 e. The Morgan fingerprint density at radius 3 is 3.12 bits per heavy atom. The summed E-state index contributed by atoms with van der Waals surface area (Å²) in [7, 11) is 0. The molecule has 1 aromatic rings. The van der Waals surface area contributed by atoms with E-state index in [-0.39, 0.29) is 0 Å². The first-order valence-electron chi connectivity index (χ1n) is 6.07. The number of aryl methyl sites for hydroxylation is 1. The van der Waals surface area contributed by atoms with E-state index in [1.54, 1.807) is 0 Å². The van der Waals surface area contributed by atoms with Crippen LogP contribution in [0.3, 0.4) is 0 Å². The van der Waals surface area contributed by atoms with Gasteiger partial charge in [0.25, 0.3) is 0 Å². The van der Waals surface area contributed by atoms with Crippen molar-refractivity contribution in [2.24, 2.45) is 5.92 Å². The van der Waals surface area contributed by atoms with Crippen LogP contribution in [-0.4, -0.2) is 35.3 Å². The lowest BCUT2D eigenvalue weighted by Gasteiger charge is -2.16. The van der Waals surface area contributed by atoms with E-state index in [0.29, 0.717) is 36.2 Å². The molecule has 1 saturated heterocycles. The molecule has 1 aromatic heterocycles. The summed E-state index contributed by atoms with van der Waals surface area (Å²) in [6, 6.07) is 0.479. The van der Waals surface area contributed by atoms with Gasteiger partial charge >= 0.3 is 6.01 Å². The van der Waals surface area contributed by atoms with Crippen LogP contribution in [0.2, 0.25) is 0 Å². The molecule has 0 aliphatic carbocycles. The molecule has 1 aliphatic rings. The van der Waals surface area contributed by atoms with Crippen LogP contribution in [0.15, 0.2) is 4.42 Å². The largest absolute Gasteiger partial charge is 0.408 e. The van der Waals surface area contributed by atoms with E-state index in [0.717, 1.165) is 26.0 Å². The predicted molar refractivity (Wildman–Crippen MR) is 65.3 cm³/mol. The number of rotatable bonds is 6. The Kier molecular flexibility index (Phi) is 4.62. The zero-order valence-corrected chi connectivity index (χ0v) is 10.7. The second kappa shape index (κ2) is 6.21. The van der Waals surface area contributed by atoms with Crippen molar-refractivity contribution in [2.45, 2.75) is 32.3 Å². The predicted octanol–water partition coefficient (Wildman–Crippen LogP) is 2.08. The van der Waals surface area contributed by atoms with Gasteiger partial charge in [0.1, 0.15) is 0 Å². The van der Waals surface area contributed by atoms with Gasteiger partial charge < -0.3 is 14.5 Å². The summed E-state index contributed by atoms with van der Waals surface area (Å²) in [5.41, 5.74) is 0. The van der Waals surface area contributed by atoms with Gasteiger partial charge in [-0.25, -0.2) is 0 Å². The third kappa shape index (κ3) is 3.33. The fraction of sp³-hybridized carbons (Fsp3) is 0.818. The van der Waals surface area contributed by atoms with E-state index in [1.807, 2.05) is 0 Å². The second-order valence-corrected chi connectivity index (χ2v) is 4.57. The van der Waals surface area contributed by atoms with Crippen LogP contribution >= 0.6 is 11.6 Å². The topological polar surface area (TPSA) is 60.2 Å². The number of aromatic nitrogens is 2. The van der Waals surface area contributed by atoms with E-state index in [9.17, 15) is 0 Å². The van der Waals surface area contributed by atoms with E-state index in [2.05, 4.69) is 22.4 Å². The standard InChI is InChI=1S/C11H18ClN3O2/c1-2-9-8(4-6-16-9)7-13-11-15-14-10(17-11)3-5-12/h8-9H,2-7H2,1H3,(H,13,15). The summed E-state index contributed by atoms with van der Waals surface area (Å²) >= 11 is 5.60. The molecule has 0 radical (unpaired) electrons. The first-order chi connectivity index (χ1) is 8.33. The van der Waals surface area contributed by atoms with Crippen molar-refractivity contribution in [1.29, 1.82) is 0 Å². The molecule has 2 unspecified atom stereocenters. The summed E-state index contributed by atoms with van der Waals surface area (Å²) in [5.74, 6) is 1.61. The highest BCUT2D eigenvalue weighted by molar-refractivity contribution is 6.17. The highest BCUT2D eigenvalue weighted by atomic mass is 35.5. The van der Waals surface area contributed by atoms with Gasteiger partial charge in [0.15, 0.2) is 0 Å². The lowest BCUT2D eigenvalue weighted by Crippen LogP contribution is -2.22. The number of hydrogen-bond donors (Lipinski definition) is 1. The van der Waals surface area contributed by atoms with Gasteiger partial charge in [-0.2, -0.15) is 0 Å². The Labute approximate surface area is 106 Å². The maximum Gasteiger partial charge on any atom is 0.315 e. The van der Waals surface area contributed by atoms with Crippen LogP contribution in [0.4, 0.5) is 6.01 Å². The van der Waals surface area contributed by atoms with Crippen LogP contribution in [0, 0.1) is 5.92 Å². The van der Waals surface area contributed by atoms with Crippen molar-refractivity contribution in [3.05, 3.63) is 5.89 Å². The molecule has 0 spiro atoms. The number of nitrogens with one attached hydrogen (secondary N) is 1. The molecule has 0 saturated carbocycles. The summed E-state index contributed by atoms with van der Waals surface area (Å²) in [6.07, 6.45) is 3.11. The van der Waals surface area contributed by atoms with Gasteiger partial charge in [0.2, 0.25) is 5.89 Å². The van der Waals surface area contributed by atoms with E-state index in [4.69, 9.17) is 20.8 Å². The van der Waals surface area contributed by atoms with Gasteiger partial charge in [0.05, 0.1) is 6.10 Å². The van der Waals surface area contributed by atoms with Gasteiger partial charge in [-0.1, -0.05) is 12.0 Å². The van der Waals surface area contributed by atoms with Gasteiger partial charge in [-0.05, 0) is 12.8 Å². The lowest BCUT2D eigenvalue weighted by atomic mass is 10.00. The first-order valence-corrected chi connectivity index (χ1v) is 6.60. The summed E-state index contributed by atoms with van der Waals surface area (Å²) < 4.78 is 11.0. The third-order valence-electron chi connectivity index (χ3n) is 3.04. The molecule has 1 fully saturated rings. The van der Waals surface area contributed by atoms with Gasteiger partial charge in [-0.15, -0.1) is 16.7 Å². The number of anilines is 1. The van der Waals surface area contributed by atoms with E-state index < -0.39 is 0 Å². The number of halogens is 1. The molecule has 2 atom stereocenters. The molecule has 6 heteroatoms. The zero-order valence-electron chi connectivity index (χ0n) is 9.99. The van der Waals surface area contributed by atoms with Crippen molar-refractivity contribution in [1.82, 2.24) is 10.2 Å². The summed E-state index contributed by atoms with van der Waals surface area (Å²) in [5, 5.41) is 11.0. The van der Waals surface area contributed by atoms with Crippen LogP contribution in [0.5, 0.6) is 0 Å². The molecule has 0 bridgehead atoms. The normalized spacial score (nSPS) is 24.1. The molecule has 96 valence electrons. The van der Waals surface area contributed by atoms with Crippen molar-refractivity contribution >= 4 is 17.6 Å². The Balaban J connectivity index is 1.80. The Bertz CT molecular complexity index is 345. The zero-order chi connectivity index (χ0) is 12.1. The van der Waals surface area contributed by atoms with Crippen LogP contribution in [0.25, 0.3) is 0 Å². The van der Waals surface area contributed by atoms with E-state index in [1.165, 1.54) is 0 Å². The fourth-order valence-electron chi connectivity index (χ4n) is 2.10. The van der Waals surface area contributed by atoms with Crippen molar-refractivity contribution in [2.75, 3.05) is 24.3 Å². The Morgan fingerprint density at radius 2 is 2.35 bits per heavy atom. The molecule has 17 heavy (non-hydrogen) atoms. The van der Waals surface area contributed by atoms with Crippen LogP contribution in [0.1, 0.15) is 25.7 Å². The minimum absolute atomic E-state index is 0.354. The molecule has 1 aliphatic heterocycles. The number of nitrogens with zero attached hydrogens (tertiary/aromatic N) is 2. The number of hydrogen-bond acceptors (Lipinski definition) is 5. The smallest absolute Gasteiger partial charge is 0.315 e. The maximum atomic E-state index is 5.62. The average Bonchev–Trinajstić information content (AvgIpc) is 2.95. The molecule has 2 heterocycles. The second-order valence-electron chi connectivity index (χ2n) is 4.19. The summed E-state index contributed by atoms with van der Waals surface area (Å²) in [4.78, 5) is 0. The summed E-state index contributed by atoms with van der Waals surface area (Å²) in [6.45, 7) is 3.82. The van der Waals surface area contributed by atoms with Gasteiger partial charge in [-0.3, -0.25) is 0 Å². The van der Waals surface area contributed by atoms with Crippen LogP contribution in [-0.2, 0) is 11.2 Å². The fourth-order valence-corrected chi connectivity index (χ4v) is 2.26.